The van der Waals surface area contributed by atoms with Gasteiger partial charge in [-0.05, 0) is 53.1 Å². The van der Waals surface area contributed by atoms with Gasteiger partial charge in [0.05, 0.1) is 7.11 Å². The van der Waals surface area contributed by atoms with Crippen molar-refractivity contribution in [2.45, 2.75) is 40.2 Å². The van der Waals surface area contributed by atoms with Crippen molar-refractivity contribution >= 4 is 5.69 Å². The van der Waals surface area contributed by atoms with E-state index in [1.165, 1.54) is 22.4 Å². The van der Waals surface area contributed by atoms with Crippen LogP contribution in [0.15, 0.2) is 42.5 Å². The third kappa shape index (κ3) is 3.87. The molecule has 2 aromatic carbocycles. The molecule has 0 fully saturated rings. The Kier molecular flexibility index (Phi) is 4.34. The van der Waals surface area contributed by atoms with Gasteiger partial charge in [-0.15, -0.1) is 0 Å². The van der Waals surface area contributed by atoms with Gasteiger partial charge in [-0.25, -0.2) is 0 Å². The lowest BCUT2D eigenvalue weighted by Crippen LogP contribution is -2.19. The highest BCUT2D eigenvalue weighted by Crippen LogP contribution is 2.32. The molecular weight excluding hydrogens is 282 g/mol. The first-order chi connectivity index (χ1) is 10.9. The van der Waals surface area contributed by atoms with Crippen LogP contribution in [0.2, 0.25) is 0 Å². The van der Waals surface area contributed by atoms with Crippen LogP contribution in [0.3, 0.4) is 0 Å². The molecule has 0 unspecified atom stereocenters. The minimum absolute atomic E-state index is 0.343. The molecule has 2 aromatic rings. The van der Waals surface area contributed by atoms with Gasteiger partial charge in [0, 0.05) is 18.8 Å². The molecule has 0 bridgehead atoms. The van der Waals surface area contributed by atoms with E-state index in [9.17, 15) is 0 Å². The highest BCUT2D eigenvalue weighted by atomic mass is 16.5. The molecule has 0 saturated heterocycles. The molecule has 0 amide bonds. The molecule has 122 valence electrons. The Hall–Kier alpha value is -1.96. The largest absolute Gasteiger partial charge is 0.497 e. The van der Waals surface area contributed by atoms with E-state index >= 15 is 0 Å². The van der Waals surface area contributed by atoms with E-state index in [-0.39, 0.29) is 0 Å². The number of rotatable bonds is 4. The monoisotopic (exact) mass is 309 g/mol. The second kappa shape index (κ2) is 6.27. The number of anilines is 1. The van der Waals surface area contributed by atoms with Gasteiger partial charge in [-0.1, -0.05) is 45.0 Å². The van der Waals surface area contributed by atoms with Gasteiger partial charge in [0.15, 0.2) is 0 Å². The minimum Gasteiger partial charge on any atom is -0.497 e. The second-order valence-corrected chi connectivity index (χ2v) is 7.72. The molecule has 1 aliphatic rings. The lowest BCUT2D eigenvalue weighted by Gasteiger charge is -2.21. The summed E-state index contributed by atoms with van der Waals surface area (Å²) in [6.07, 6.45) is 2.29. The normalized spacial score (nSPS) is 14.0. The number of fused-ring (bicyclic) bond motifs is 1. The Morgan fingerprint density at radius 3 is 2.35 bits per heavy atom. The average Bonchev–Trinajstić information content (AvgIpc) is 2.89. The SMILES string of the molecule is COc1ccc(CN2CCc3cc(CC(C)(C)C)ccc32)cc1. The number of methoxy groups -OCH3 is 1. The summed E-state index contributed by atoms with van der Waals surface area (Å²) in [4.78, 5) is 2.48. The molecule has 23 heavy (non-hydrogen) atoms. The first-order valence-electron chi connectivity index (χ1n) is 8.44. The van der Waals surface area contributed by atoms with Crippen molar-refractivity contribution in [3.8, 4) is 5.75 Å². The Morgan fingerprint density at radius 2 is 1.70 bits per heavy atom. The maximum atomic E-state index is 5.23. The molecule has 0 N–H and O–H groups in total. The van der Waals surface area contributed by atoms with Crippen molar-refractivity contribution in [2.24, 2.45) is 5.41 Å². The Labute approximate surface area is 140 Å². The van der Waals surface area contributed by atoms with Gasteiger partial charge in [-0.2, -0.15) is 0 Å². The van der Waals surface area contributed by atoms with Gasteiger partial charge in [-0.3, -0.25) is 0 Å². The smallest absolute Gasteiger partial charge is 0.118 e. The molecule has 0 aliphatic carbocycles. The molecule has 0 saturated carbocycles. The third-order valence-electron chi connectivity index (χ3n) is 4.40. The molecular formula is C21H27NO. The molecule has 1 aliphatic heterocycles. The van der Waals surface area contributed by atoms with Crippen LogP contribution in [0.1, 0.15) is 37.5 Å². The predicted molar refractivity (Wildman–Crippen MR) is 97.3 cm³/mol. The fraction of sp³-hybridized carbons (Fsp3) is 0.429. The van der Waals surface area contributed by atoms with Gasteiger partial charge in [0.1, 0.15) is 5.75 Å². The topological polar surface area (TPSA) is 12.5 Å². The van der Waals surface area contributed by atoms with Crippen molar-refractivity contribution < 1.29 is 4.74 Å². The summed E-state index contributed by atoms with van der Waals surface area (Å²) in [6, 6.07) is 15.4. The van der Waals surface area contributed by atoms with E-state index in [1.807, 2.05) is 12.1 Å². The Morgan fingerprint density at radius 1 is 1.00 bits per heavy atom. The summed E-state index contributed by atoms with van der Waals surface area (Å²) >= 11 is 0. The van der Waals surface area contributed by atoms with Crippen LogP contribution < -0.4 is 9.64 Å². The van der Waals surface area contributed by atoms with Crippen molar-refractivity contribution in [2.75, 3.05) is 18.6 Å². The first kappa shape index (κ1) is 15.9. The van der Waals surface area contributed by atoms with Gasteiger partial charge >= 0.3 is 0 Å². The van der Waals surface area contributed by atoms with Crippen LogP contribution in [0.5, 0.6) is 5.75 Å². The Bertz CT molecular complexity index is 667. The van der Waals surface area contributed by atoms with Crippen LogP contribution in [-0.2, 0) is 19.4 Å². The van der Waals surface area contributed by atoms with E-state index in [2.05, 4.69) is 56.0 Å². The molecule has 0 atom stereocenters. The van der Waals surface area contributed by atoms with E-state index in [0.29, 0.717) is 5.41 Å². The van der Waals surface area contributed by atoms with Crippen molar-refractivity contribution in [3.05, 3.63) is 59.2 Å². The van der Waals surface area contributed by atoms with E-state index < -0.39 is 0 Å². The van der Waals surface area contributed by atoms with E-state index in [4.69, 9.17) is 4.74 Å². The lowest BCUT2D eigenvalue weighted by molar-refractivity contribution is 0.411. The van der Waals surface area contributed by atoms with E-state index in [0.717, 1.165) is 31.7 Å². The fourth-order valence-corrected chi connectivity index (χ4v) is 3.36. The van der Waals surface area contributed by atoms with Crippen molar-refractivity contribution in [1.82, 2.24) is 0 Å². The number of hydrogen-bond donors (Lipinski definition) is 0. The molecule has 2 nitrogen and oxygen atoms in total. The fourth-order valence-electron chi connectivity index (χ4n) is 3.36. The van der Waals surface area contributed by atoms with Crippen LogP contribution in [0.4, 0.5) is 5.69 Å². The first-order valence-corrected chi connectivity index (χ1v) is 8.44. The summed E-state index contributed by atoms with van der Waals surface area (Å²) < 4.78 is 5.23. The molecule has 1 heterocycles. The highest BCUT2D eigenvalue weighted by Gasteiger charge is 2.20. The predicted octanol–water partition coefficient (Wildman–Crippen LogP) is 4.85. The van der Waals surface area contributed by atoms with Crippen molar-refractivity contribution in [3.63, 3.8) is 0 Å². The van der Waals surface area contributed by atoms with Gasteiger partial charge in [0.25, 0.3) is 0 Å². The summed E-state index contributed by atoms with van der Waals surface area (Å²) in [5.74, 6) is 0.919. The van der Waals surface area contributed by atoms with E-state index in [1.54, 1.807) is 7.11 Å². The van der Waals surface area contributed by atoms with Crippen LogP contribution in [-0.4, -0.2) is 13.7 Å². The number of benzene rings is 2. The van der Waals surface area contributed by atoms with Crippen LogP contribution in [0, 0.1) is 5.41 Å². The number of ether oxygens (including phenoxy) is 1. The van der Waals surface area contributed by atoms with Gasteiger partial charge in [0.2, 0.25) is 0 Å². The zero-order valence-corrected chi connectivity index (χ0v) is 14.7. The Balaban J connectivity index is 1.73. The highest BCUT2D eigenvalue weighted by molar-refractivity contribution is 5.59. The minimum atomic E-state index is 0.343. The van der Waals surface area contributed by atoms with Crippen molar-refractivity contribution in [1.29, 1.82) is 0 Å². The third-order valence-corrected chi connectivity index (χ3v) is 4.40. The maximum Gasteiger partial charge on any atom is 0.118 e. The average molecular weight is 309 g/mol. The number of hydrogen-bond acceptors (Lipinski definition) is 2. The zero-order valence-electron chi connectivity index (χ0n) is 14.7. The molecule has 3 rings (SSSR count). The number of nitrogens with zero attached hydrogens (tertiary/aromatic N) is 1. The summed E-state index contributed by atoms with van der Waals surface area (Å²) in [7, 11) is 1.71. The van der Waals surface area contributed by atoms with Crippen LogP contribution in [0.25, 0.3) is 0 Å². The summed E-state index contributed by atoms with van der Waals surface area (Å²) in [5, 5.41) is 0. The second-order valence-electron chi connectivity index (χ2n) is 7.72. The summed E-state index contributed by atoms with van der Waals surface area (Å²) in [6.45, 7) is 8.98. The quantitative estimate of drug-likeness (QED) is 0.801. The summed E-state index contributed by atoms with van der Waals surface area (Å²) in [5.41, 5.74) is 6.04. The maximum absolute atomic E-state index is 5.23. The molecule has 0 spiro atoms. The standard InChI is InChI=1S/C21H27NO/c1-21(2,3)14-17-7-10-20-18(13-17)11-12-22(20)15-16-5-8-19(23-4)9-6-16/h5-10,13H,11-12,14-15H2,1-4H3. The molecule has 0 aromatic heterocycles. The van der Waals surface area contributed by atoms with Gasteiger partial charge < -0.3 is 9.64 Å². The lowest BCUT2D eigenvalue weighted by atomic mass is 9.87. The molecule has 0 radical (unpaired) electrons. The zero-order chi connectivity index (χ0) is 16.4. The molecule has 2 heteroatoms. The van der Waals surface area contributed by atoms with Crippen LogP contribution >= 0.6 is 0 Å².